The second-order valence-electron chi connectivity index (χ2n) is 5.89. The molecule has 1 heterocycles. The van der Waals surface area contributed by atoms with Crippen molar-refractivity contribution in [2.75, 3.05) is 12.4 Å². The van der Waals surface area contributed by atoms with E-state index in [0.717, 1.165) is 0 Å². The Bertz CT molecular complexity index is 1060. The van der Waals surface area contributed by atoms with Crippen molar-refractivity contribution in [1.29, 1.82) is 0 Å². The molecule has 28 heavy (non-hydrogen) atoms. The molecule has 0 saturated carbocycles. The number of hydrogen-bond donors (Lipinski definition) is 2. The zero-order valence-corrected chi connectivity index (χ0v) is 15.6. The summed E-state index contributed by atoms with van der Waals surface area (Å²) in [5.41, 5.74) is 1.43. The zero-order chi connectivity index (χ0) is 20.1. The zero-order valence-electron chi connectivity index (χ0n) is 14.9. The number of amides is 1. The number of H-pyrrole nitrogens is 1. The van der Waals surface area contributed by atoms with Crippen molar-refractivity contribution < 1.29 is 14.3 Å². The Morgan fingerprint density at radius 1 is 1.11 bits per heavy atom. The van der Waals surface area contributed by atoms with Crippen LogP contribution in [0.2, 0.25) is 5.02 Å². The Morgan fingerprint density at radius 3 is 2.39 bits per heavy atom. The van der Waals surface area contributed by atoms with Crippen molar-refractivity contribution in [2.45, 2.75) is 6.42 Å². The standard InChI is InChI=1S/C20H16ClN3O4/c1-28-20(27)13-4-8-16(9-5-13)23-17(25)10-14-11-22-18(24-19(14)26)12-2-6-15(21)7-3-12/h2-9,11H,10H2,1H3,(H,23,25)(H,22,24,26). The minimum absolute atomic E-state index is 0.137. The molecule has 1 amide bonds. The summed E-state index contributed by atoms with van der Waals surface area (Å²) in [6.45, 7) is 0. The number of benzene rings is 2. The van der Waals surface area contributed by atoms with Crippen molar-refractivity contribution in [3.05, 3.63) is 81.2 Å². The topological polar surface area (TPSA) is 101 Å². The SMILES string of the molecule is COC(=O)c1ccc(NC(=O)Cc2cnc(-c3ccc(Cl)cc3)[nH]c2=O)cc1. The van der Waals surface area contributed by atoms with E-state index in [2.05, 4.69) is 20.0 Å². The van der Waals surface area contributed by atoms with Gasteiger partial charge in [-0.2, -0.15) is 0 Å². The number of nitrogens with one attached hydrogen (secondary N) is 2. The van der Waals surface area contributed by atoms with Crippen LogP contribution in [0.15, 0.2) is 59.5 Å². The third kappa shape index (κ3) is 4.63. The third-order valence-electron chi connectivity index (χ3n) is 3.93. The number of rotatable bonds is 5. The fourth-order valence-electron chi connectivity index (χ4n) is 2.49. The van der Waals surface area contributed by atoms with Crippen molar-refractivity contribution in [3.63, 3.8) is 0 Å². The molecular weight excluding hydrogens is 382 g/mol. The minimum atomic E-state index is -0.462. The average Bonchev–Trinajstić information content (AvgIpc) is 2.70. The van der Waals surface area contributed by atoms with Crippen LogP contribution in [0.3, 0.4) is 0 Å². The normalized spacial score (nSPS) is 10.4. The van der Waals surface area contributed by atoms with Crippen LogP contribution in [0, 0.1) is 0 Å². The quantitative estimate of drug-likeness (QED) is 0.644. The van der Waals surface area contributed by atoms with Gasteiger partial charge < -0.3 is 15.0 Å². The molecule has 7 nitrogen and oxygen atoms in total. The first-order valence-electron chi connectivity index (χ1n) is 8.28. The number of aromatic nitrogens is 2. The van der Waals surface area contributed by atoms with Crippen LogP contribution in [-0.2, 0) is 16.0 Å². The van der Waals surface area contributed by atoms with Crippen LogP contribution in [-0.4, -0.2) is 29.0 Å². The van der Waals surface area contributed by atoms with E-state index < -0.39 is 11.5 Å². The van der Waals surface area contributed by atoms with Crippen molar-refractivity contribution >= 4 is 29.2 Å². The smallest absolute Gasteiger partial charge is 0.337 e. The number of esters is 1. The lowest BCUT2D eigenvalue weighted by Crippen LogP contribution is -2.22. The molecule has 142 valence electrons. The Hall–Kier alpha value is -3.45. The Morgan fingerprint density at radius 2 is 1.79 bits per heavy atom. The van der Waals surface area contributed by atoms with E-state index in [1.54, 1.807) is 36.4 Å². The molecule has 0 aliphatic carbocycles. The Labute approximate surface area is 165 Å². The van der Waals surface area contributed by atoms with Crippen LogP contribution >= 0.6 is 11.6 Å². The predicted molar refractivity (Wildman–Crippen MR) is 105 cm³/mol. The molecule has 1 aromatic heterocycles. The van der Waals surface area contributed by atoms with Gasteiger partial charge in [-0.15, -0.1) is 0 Å². The highest BCUT2D eigenvalue weighted by Gasteiger charge is 2.11. The van der Waals surface area contributed by atoms with E-state index in [1.807, 2.05) is 0 Å². The molecule has 3 rings (SSSR count). The highest BCUT2D eigenvalue weighted by Crippen LogP contribution is 2.17. The number of ether oxygens (including phenoxy) is 1. The molecule has 0 fully saturated rings. The summed E-state index contributed by atoms with van der Waals surface area (Å²) in [6, 6.07) is 13.1. The van der Waals surface area contributed by atoms with Crippen molar-refractivity contribution in [3.8, 4) is 11.4 Å². The van der Waals surface area contributed by atoms with Gasteiger partial charge in [0.05, 0.1) is 19.1 Å². The number of anilines is 1. The molecular formula is C20H16ClN3O4. The third-order valence-corrected chi connectivity index (χ3v) is 4.18. The van der Waals surface area contributed by atoms with Gasteiger partial charge in [-0.05, 0) is 48.5 Å². The summed E-state index contributed by atoms with van der Waals surface area (Å²) < 4.78 is 4.62. The van der Waals surface area contributed by atoms with E-state index in [9.17, 15) is 14.4 Å². The van der Waals surface area contributed by atoms with Gasteiger partial charge in [-0.25, -0.2) is 9.78 Å². The Kier molecular flexibility index (Phi) is 5.86. The number of methoxy groups -OCH3 is 1. The molecule has 0 aliphatic rings. The lowest BCUT2D eigenvalue weighted by molar-refractivity contribution is -0.115. The lowest BCUT2D eigenvalue weighted by Gasteiger charge is -2.07. The van der Waals surface area contributed by atoms with Gasteiger partial charge >= 0.3 is 5.97 Å². The number of carbonyl (C=O) groups is 2. The van der Waals surface area contributed by atoms with Crippen LogP contribution in [0.5, 0.6) is 0 Å². The molecule has 2 N–H and O–H groups in total. The van der Waals surface area contributed by atoms with E-state index in [-0.39, 0.29) is 17.9 Å². The van der Waals surface area contributed by atoms with Gasteiger partial charge in [0.1, 0.15) is 5.82 Å². The molecule has 0 unspecified atom stereocenters. The number of nitrogens with zero attached hydrogens (tertiary/aromatic N) is 1. The minimum Gasteiger partial charge on any atom is -0.465 e. The first kappa shape index (κ1) is 19.3. The first-order chi connectivity index (χ1) is 13.5. The van der Waals surface area contributed by atoms with Crippen LogP contribution in [0.1, 0.15) is 15.9 Å². The summed E-state index contributed by atoms with van der Waals surface area (Å²) >= 11 is 5.85. The largest absolute Gasteiger partial charge is 0.465 e. The van der Waals surface area contributed by atoms with E-state index in [0.29, 0.717) is 27.7 Å². The number of aromatic amines is 1. The molecule has 0 spiro atoms. The van der Waals surface area contributed by atoms with E-state index in [4.69, 9.17) is 11.6 Å². The maximum Gasteiger partial charge on any atom is 0.337 e. The molecule has 0 aliphatic heterocycles. The summed E-state index contributed by atoms with van der Waals surface area (Å²) in [5.74, 6) is -0.446. The van der Waals surface area contributed by atoms with Crippen molar-refractivity contribution in [1.82, 2.24) is 9.97 Å². The highest BCUT2D eigenvalue weighted by atomic mass is 35.5. The monoisotopic (exact) mass is 397 g/mol. The molecule has 0 saturated heterocycles. The Balaban J connectivity index is 1.68. The highest BCUT2D eigenvalue weighted by molar-refractivity contribution is 6.30. The second kappa shape index (κ2) is 8.49. The average molecular weight is 398 g/mol. The number of halogens is 1. The maximum atomic E-state index is 12.3. The summed E-state index contributed by atoms with van der Waals surface area (Å²) in [4.78, 5) is 42.8. The summed E-state index contributed by atoms with van der Waals surface area (Å²) in [5, 5.41) is 3.25. The maximum absolute atomic E-state index is 12.3. The van der Waals surface area contributed by atoms with E-state index in [1.165, 1.54) is 25.4 Å². The fourth-order valence-corrected chi connectivity index (χ4v) is 2.61. The van der Waals surface area contributed by atoms with Gasteiger partial charge in [0.15, 0.2) is 0 Å². The number of carbonyl (C=O) groups excluding carboxylic acids is 2. The number of hydrogen-bond acceptors (Lipinski definition) is 5. The summed E-state index contributed by atoms with van der Waals surface area (Å²) in [7, 11) is 1.29. The van der Waals surface area contributed by atoms with Crippen LogP contribution in [0.4, 0.5) is 5.69 Å². The first-order valence-corrected chi connectivity index (χ1v) is 8.66. The second-order valence-corrected chi connectivity index (χ2v) is 6.32. The molecule has 0 radical (unpaired) electrons. The van der Waals surface area contributed by atoms with Gasteiger partial charge in [-0.1, -0.05) is 11.6 Å². The molecule has 2 aromatic carbocycles. The fraction of sp³-hybridized carbons (Fsp3) is 0.100. The lowest BCUT2D eigenvalue weighted by atomic mass is 10.2. The van der Waals surface area contributed by atoms with Gasteiger partial charge in [0.25, 0.3) is 5.56 Å². The summed E-state index contributed by atoms with van der Waals surface area (Å²) in [6.07, 6.45) is 1.24. The predicted octanol–water partition coefficient (Wildman–Crippen LogP) is 3.06. The van der Waals surface area contributed by atoms with E-state index >= 15 is 0 Å². The van der Waals surface area contributed by atoms with Gasteiger partial charge in [0.2, 0.25) is 5.91 Å². The molecule has 0 atom stereocenters. The molecule has 3 aromatic rings. The van der Waals surface area contributed by atoms with Crippen LogP contribution < -0.4 is 10.9 Å². The van der Waals surface area contributed by atoms with Crippen LogP contribution in [0.25, 0.3) is 11.4 Å². The van der Waals surface area contributed by atoms with Crippen molar-refractivity contribution in [2.24, 2.45) is 0 Å². The molecule has 8 heteroatoms. The molecule has 0 bridgehead atoms. The van der Waals surface area contributed by atoms with Gasteiger partial charge in [-0.3, -0.25) is 9.59 Å². The van der Waals surface area contributed by atoms with Gasteiger partial charge in [0, 0.05) is 28.0 Å².